The van der Waals surface area contributed by atoms with E-state index in [0.29, 0.717) is 18.3 Å². The minimum Gasteiger partial charge on any atom is -0.375 e. The van der Waals surface area contributed by atoms with Crippen LogP contribution in [-0.4, -0.2) is 53.3 Å². The molecule has 170 valence electrons. The first-order valence-electron chi connectivity index (χ1n) is 10.8. The van der Waals surface area contributed by atoms with Gasteiger partial charge in [-0.05, 0) is 30.9 Å². The smallest absolute Gasteiger partial charge is 0.249 e. The summed E-state index contributed by atoms with van der Waals surface area (Å²) in [5.74, 6) is 0.564. The molecule has 0 aliphatic heterocycles. The predicted octanol–water partition coefficient (Wildman–Crippen LogP) is 3.94. The first kappa shape index (κ1) is 24.6. The Morgan fingerprint density at radius 3 is 2.48 bits per heavy atom. The van der Waals surface area contributed by atoms with E-state index in [1.54, 1.807) is 9.58 Å². The molecule has 0 aliphatic rings. The normalized spacial score (nSPS) is 11.6. The number of nitrogens with one attached hydrogen (secondary N) is 1. The average Bonchev–Trinajstić information content (AvgIpc) is 3.09. The summed E-state index contributed by atoms with van der Waals surface area (Å²) in [6.07, 6.45) is 0.818. The molecule has 0 atom stereocenters. The van der Waals surface area contributed by atoms with Gasteiger partial charge in [-0.3, -0.25) is 9.59 Å². The van der Waals surface area contributed by atoms with Crippen molar-refractivity contribution in [3.63, 3.8) is 0 Å². The van der Waals surface area contributed by atoms with Crippen LogP contribution in [0.5, 0.6) is 0 Å². The average molecular weight is 429 g/mol. The molecule has 0 unspecified atom stereocenters. The van der Waals surface area contributed by atoms with Crippen molar-refractivity contribution in [1.29, 1.82) is 0 Å². The molecule has 31 heavy (non-hydrogen) atoms. The quantitative estimate of drug-likeness (QED) is 0.656. The number of hydrogen-bond donors (Lipinski definition) is 1. The highest BCUT2D eigenvalue weighted by Crippen LogP contribution is 2.27. The number of para-hydroxylation sites is 1. The second-order valence-electron chi connectivity index (χ2n) is 9.34. The molecule has 7 nitrogen and oxygen atoms in total. The van der Waals surface area contributed by atoms with Crippen molar-refractivity contribution in [1.82, 2.24) is 14.7 Å². The van der Waals surface area contributed by atoms with Crippen LogP contribution in [0.3, 0.4) is 0 Å². The van der Waals surface area contributed by atoms with Crippen molar-refractivity contribution >= 4 is 17.6 Å². The molecule has 1 aromatic heterocycles. The lowest BCUT2D eigenvalue weighted by Gasteiger charge is -2.23. The molecular formula is C24H36N4O3. The number of benzene rings is 1. The number of anilines is 1. The maximum atomic E-state index is 12.9. The maximum absolute atomic E-state index is 12.9. The Bertz CT molecular complexity index is 896. The van der Waals surface area contributed by atoms with Crippen LogP contribution in [0.25, 0.3) is 5.69 Å². The van der Waals surface area contributed by atoms with E-state index in [4.69, 9.17) is 9.84 Å². The standard InChI is InChI=1S/C24H36N4O3/c1-17(2)12-13-27(23(30)16-31-7)15-22(29)25-21-14-20(24(4,5)6)26-28(21)19-11-9-8-10-18(19)3/h8-11,14,17H,12-13,15-16H2,1-7H3,(H,25,29). The minimum absolute atomic E-state index is 0.0291. The fourth-order valence-corrected chi connectivity index (χ4v) is 3.10. The van der Waals surface area contributed by atoms with E-state index in [0.717, 1.165) is 23.4 Å². The Labute approximate surface area is 185 Å². The topological polar surface area (TPSA) is 76.5 Å². The third kappa shape index (κ3) is 6.92. The molecule has 1 N–H and O–H groups in total. The van der Waals surface area contributed by atoms with Gasteiger partial charge in [-0.1, -0.05) is 52.8 Å². The zero-order chi connectivity index (χ0) is 23.2. The first-order valence-corrected chi connectivity index (χ1v) is 10.8. The van der Waals surface area contributed by atoms with E-state index in [-0.39, 0.29) is 30.4 Å². The van der Waals surface area contributed by atoms with Crippen LogP contribution >= 0.6 is 0 Å². The van der Waals surface area contributed by atoms with Gasteiger partial charge in [0.15, 0.2) is 0 Å². The molecule has 2 aromatic rings. The number of carbonyl (C=O) groups excluding carboxylic acids is 2. The van der Waals surface area contributed by atoms with Gasteiger partial charge < -0.3 is 15.0 Å². The lowest BCUT2D eigenvalue weighted by Crippen LogP contribution is -2.41. The van der Waals surface area contributed by atoms with Crippen molar-refractivity contribution in [3.05, 3.63) is 41.6 Å². The van der Waals surface area contributed by atoms with Crippen LogP contribution in [0.15, 0.2) is 30.3 Å². The van der Waals surface area contributed by atoms with Gasteiger partial charge in [-0.25, -0.2) is 4.68 Å². The summed E-state index contributed by atoms with van der Waals surface area (Å²) in [4.78, 5) is 26.9. The summed E-state index contributed by atoms with van der Waals surface area (Å²) < 4.78 is 6.75. The number of ether oxygens (including phenoxy) is 1. The molecule has 1 heterocycles. The van der Waals surface area contributed by atoms with Crippen LogP contribution in [0.2, 0.25) is 0 Å². The fraction of sp³-hybridized carbons (Fsp3) is 0.542. The second-order valence-corrected chi connectivity index (χ2v) is 9.34. The summed E-state index contributed by atoms with van der Waals surface area (Å²) in [5.41, 5.74) is 2.65. The number of aryl methyl sites for hydroxylation is 1. The summed E-state index contributed by atoms with van der Waals surface area (Å²) in [5, 5.41) is 7.74. The van der Waals surface area contributed by atoms with Crippen molar-refractivity contribution in [2.45, 2.75) is 53.4 Å². The third-order valence-electron chi connectivity index (χ3n) is 5.02. The van der Waals surface area contributed by atoms with Gasteiger partial charge >= 0.3 is 0 Å². The van der Waals surface area contributed by atoms with Crippen LogP contribution in [0.1, 0.15) is 52.3 Å². The van der Waals surface area contributed by atoms with Gasteiger partial charge in [0.05, 0.1) is 17.9 Å². The van der Waals surface area contributed by atoms with Crippen LogP contribution in [0.4, 0.5) is 5.82 Å². The summed E-state index contributed by atoms with van der Waals surface area (Å²) in [6, 6.07) is 9.81. The lowest BCUT2D eigenvalue weighted by atomic mass is 9.92. The molecule has 0 saturated heterocycles. The highest BCUT2D eigenvalue weighted by Gasteiger charge is 2.23. The molecule has 0 radical (unpaired) electrons. The highest BCUT2D eigenvalue weighted by atomic mass is 16.5. The Morgan fingerprint density at radius 1 is 1.23 bits per heavy atom. The van der Waals surface area contributed by atoms with Crippen molar-refractivity contribution in [3.8, 4) is 5.69 Å². The number of nitrogens with zero attached hydrogens (tertiary/aromatic N) is 3. The molecule has 0 fully saturated rings. The number of aromatic nitrogens is 2. The second kappa shape index (κ2) is 10.6. The molecule has 0 saturated carbocycles. The van der Waals surface area contributed by atoms with E-state index in [9.17, 15) is 9.59 Å². The van der Waals surface area contributed by atoms with E-state index in [1.807, 2.05) is 37.3 Å². The third-order valence-corrected chi connectivity index (χ3v) is 5.02. The van der Waals surface area contributed by atoms with Gasteiger partial charge in [0, 0.05) is 25.1 Å². The Hall–Kier alpha value is -2.67. The zero-order valence-electron chi connectivity index (χ0n) is 19.9. The maximum Gasteiger partial charge on any atom is 0.249 e. The molecule has 0 bridgehead atoms. The van der Waals surface area contributed by atoms with E-state index in [2.05, 4.69) is 39.9 Å². The molecule has 2 amide bonds. The molecule has 1 aromatic carbocycles. The monoisotopic (exact) mass is 428 g/mol. The molecule has 2 rings (SSSR count). The predicted molar refractivity (Wildman–Crippen MR) is 124 cm³/mol. The van der Waals surface area contributed by atoms with E-state index < -0.39 is 0 Å². The van der Waals surface area contributed by atoms with E-state index in [1.165, 1.54) is 7.11 Å². The Balaban J connectivity index is 2.29. The van der Waals surface area contributed by atoms with Gasteiger partial charge in [-0.2, -0.15) is 5.10 Å². The van der Waals surface area contributed by atoms with Gasteiger partial charge in [0.2, 0.25) is 11.8 Å². The lowest BCUT2D eigenvalue weighted by molar-refractivity contribution is -0.138. The fourth-order valence-electron chi connectivity index (χ4n) is 3.10. The zero-order valence-corrected chi connectivity index (χ0v) is 19.9. The van der Waals surface area contributed by atoms with Crippen LogP contribution < -0.4 is 5.32 Å². The Morgan fingerprint density at radius 2 is 1.90 bits per heavy atom. The van der Waals surface area contributed by atoms with Crippen LogP contribution in [-0.2, 0) is 19.7 Å². The first-order chi connectivity index (χ1) is 14.5. The number of rotatable bonds is 9. The summed E-state index contributed by atoms with van der Waals surface area (Å²) in [7, 11) is 1.48. The molecule has 7 heteroatoms. The number of hydrogen-bond acceptors (Lipinski definition) is 4. The van der Waals surface area contributed by atoms with Gasteiger partial charge in [0.1, 0.15) is 12.4 Å². The van der Waals surface area contributed by atoms with Gasteiger partial charge in [0.25, 0.3) is 0 Å². The summed E-state index contributed by atoms with van der Waals surface area (Å²) >= 11 is 0. The van der Waals surface area contributed by atoms with E-state index >= 15 is 0 Å². The molecule has 0 spiro atoms. The minimum atomic E-state index is -0.261. The summed E-state index contributed by atoms with van der Waals surface area (Å²) in [6.45, 7) is 12.9. The number of carbonyl (C=O) groups is 2. The van der Waals surface area contributed by atoms with Crippen LogP contribution in [0, 0.1) is 12.8 Å². The van der Waals surface area contributed by atoms with Crippen molar-refractivity contribution < 1.29 is 14.3 Å². The van der Waals surface area contributed by atoms with Crippen molar-refractivity contribution in [2.24, 2.45) is 5.92 Å². The Kier molecular flexibility index (Phi) is 8.39. The number of amides is 2. The number of methoxy groups -OCH3 is 1. The molecular weight excluding hydrogens is 392 g/mol. The highest BCUT2D eigenvalue weighted by molar-refractivity contribution is 5.94. The largest absolute Gasteiger partial charge is 0.375 e. The SMILES string of the molecule is COCC(=O)N(CCC(C)C)CC(=O)Nc1cc(C(C)(C)C)nn1-c1ccccc1C. The van der Waals surface area contributed by atoms with Crippen molar-refractivity contribution in [2.75, 3.05) is 32.1 Å². The van der Waals surface area contributed by atoms with Gasteiger partial charge in [-0.15, -0.1) is 0 Å². The molecule has 0 aliphatic carbocycles.